The average molecular weight is 576 g/mol. The van der Waals surface area contributed by atoms with E-state index in [1.165, 1.54) is 0 Å². The molecule has 172 valence electrons. The zero-order chi connectivity index (χ0) is 22.8. The van der Waals surface area contributed by atoms with Gasteiger partial charge in [-0.3, -0.25) is 0 Å². The Bertz CT molecular complexity index is 1200. The number of para-hydroxylation sites is 1. The van der Waals surface area contributed by atoms with Crippen molar-refractivity contribution < 1.29 is 25.9 Å². The minimum atomic E-state index is -0.130. The molecule has 5 rings (SSSR count). The number of nitrogens with zero attached hydrogens (tertiary/aromatic N) is 4. The van der Waals surface area contributed by atoms with Crippen molar-refractivity contribution in [2.24, 2.45) is 0 Å². The summed E-state index contributed by atoms with van der Waals surface area (Å²) < 4.78 is 6.59. The van der Waals surface area contributed by atoms with E-state index in [-0.39, 0.29) is 27.2 Å². The molecule has 3 aromatic rings. The normalized spacial score (nSPS) is 17.8. The average Bonchev–Trinajstić information content (AvgIpc) is 2.84. The number of nitrogens with one attached hydrogen (secondary N) is 2. The summed E-state index contributed by atoms with van der Waals surface area (Å²) in [5.41, 5.74) is 4.88. The molecule has 4 heterocycles. The Hall–Kier alpha value is -2.43. The Labute approximate surface area is 208 Å². The van der Waals surface area contributed by atoms with E-state index in [1.807, 2.05) is 30.5 Å². The van der Waals surface area contributed by atoms with Crippen molar-refractivity contribution in [2.45, 2.75) is 13.0 Å². The summed E-state index contributed by atoms with van der Waals surface area (Å²) in [7, 11) is 0. The number of hydrogen-bond acceptors (Lipinski definition) is 7. The number of morpholine rings is 1. The van der Waals surface area contributed by atoms with Gasteiger partial charge in [-0.25, -0.2) is 0 Å². The molecular weight excluding hydrogens is 551 g/mol. The van der Waals surface area contributed by atoms with Crippen molar-refractivity contribution in [3.8, 4) is 11.3 Å². The third-order valence-corrected chi connectivity index (χ3v) is 7.69. The van der Waals surface area contributed by atoms with Crippen molar-refractivity contribution >= 4 is 35.1 Å². The molecule has 7 nitrogen and oxygen atoms in total. The summed E-state index contributed by atoms with van der Waals surface area (Å²) >= 11 is 6.52. The van der Waals surface area contributed by atoms with Crippen LogP contribution < -0.4 is 36.7 Å². The Balaban J connectivity index is 1.54. The van der Waals surface area contributed by atoms with Crippen molar-refractivity contribution in [3.05, 3.63) is 62.6 Å². The van der Waals surface area contributed by atoms with Gasteiger partial charge >= 0.3 is 191 Å². The van der Waals surface area contributed by atoms with Gasteiger partial charge in [-0.15, -0.1) is 0 Å². The van der Waals surface area contributed by atoms with Gasteiger partial charge in [0.1, 0.15) is 0 Å². The molecule has 1 aromatic carbocycles. The zero-order valence-electron chi connectivity index (χ0n) is 18.5. The second kappa shape index (κ2) is 9.82. The van der Waals surface area contributed by atoms with Gasteiger partial charge < -0.3 is 0 Å². The summed E-state index contributed by atoms with van der Waals surface area (Å²) in [5, 5.41) is 7.75. The SMILES string of the molecule is C[I-]c1cc(Cl)c(-c2cc(NC3=Cc4ccccc4NC3C)nc(N3CCOCC3)n2)cn1. The van der Waals surface area contributed by atoms with Crippen LogP contribution in [0.5, 0.6) is 0 Å². The Morgan fingerprint density at radius 2 is 2.00 bits per heavy atom. The summed E-state index contributed by atoms with van der Waals surface area (Å²) in [6.07, 6.45) is 4.00. The molecule has 2 aliphatic rings. The van der Waals surface area contributed by atoms with Gasteiger partial charge in [-0.05, 0) is 6.07 Å². The maximum absolute atomic E-state index is 6.65. The van der Waals surface area contributed by atoms with E-state index in [2.05, 4.69) is 50.6 Å². The molecule has 2 aromatic heterocycles. The van der Waals surface area contributed by atoms with E-state index in [0.717, 1.165) is 50.8 Å². The molecule has 0 amide bonds. The van der Waals surface area contributed by atoms with E-state index in [4.69, 9.17) is 26.3 Å². The third-order valence-electron chi connectivity index (χ3n) is 5.68. The van der Waals surface area contributed by atoms with Crippen LogP contribution in [0.3, 0.4) is 0 Å². The van der Waals surface area contributed by atoms with Crippen molar-refractivity contribution in [1.29, 1.82) is 0 Å². The van der Waals surface area contributed by atoms with Crippen LogP contribution in [-0.2, 0) is 4.74 Å². The van der Waals surface area contributed by atoms with Crippen LogP contribution in [0.2, 0.25) is 5.02 Å². The van der Waals surface area contributed by atoms with Crippen LogP contribution in [0.1, 0.15) is 12.5 Å². The number of halogens is 2. The molecule has 1 unspecified atom stereocenters. The van der Waals surface area contributed by atoms with Gasteiger partial charge in [-0.2, -0.15) is 0 Å². The van der Waals surface area contributed by atoms with Gasteiger partial charge in [0, 0.05) is 0 Å². The zero-order valence-corrected chi connectivity index (χ0v) is 21.4. The van der Waals surface area contributed by atoms with E-state index in [9.17, 15) is 0 Å². The first-order chi connectivity index (χ1) is 16.1. The van der Waals surface area contributed by atoms with Crippen LogP contribution in [0, 0.1) is 3.70 Å². The predicted molar refractivity (Wildman–Crippen MR) is 129 cm³/mol. The predicted octanol–water partition coefficient (Wildman–Crippen LogP) is 1.18. The van der Waals surface area contributed by atoms with Gasteiger partial charge in [0.25, 0.3) is 0 Å². The van der Waals surface area contributed by atoms with Gasteiger partial charge in [-0.1, -0.05) is 12.1 Å². The van der Waals surface area contributed by atoms with Crippen molar-refractivity contribution in [1.82, 2.24) is 15.0 Å². The van der Waals surface area contributed by atoms with E-state index < -0.39 is 0 Å². The molecule has 2 N–H and O–H groups in total. The van der Waals surface area contributed by atoms with Gasteiger partial charge in [0.15, 0.2) is 0 Å². The number of ether oxygens (including phenoxy) is 1. The van der Waals surface area contributed by atoms with Gasteiger partial charge in [0.2, 0.25) is 0 Å². The first-order valence-electron chi connectivity index (χ1n) is 10.8. The minimum absolute atomic E-state index is 0.114. The van der Waals surface area contributed by atoms with Crippen LogP contribution in [0.4, 0.5) is 17.5 Å². The third kappa shape index (κ3) is 4.92. The number of alkyl halides is 1. The molecule has 9 heteroatoms. The summed E-state index contributed by atoms with van der Waals surface area (Å²) in [6.45, 7) is 4.96. The summed E-state index contributed by atoms with van der Waals surface area (Å²) in [6, 6.07) is 12.3. The Morgan fingerprint density at radius 3 is 2.79 bits per heavy atom. The second-order valence-electron chi connectivity index (χ2n) is 7.89. The fourth-order valence-electron chi connectivity index (χ4n) is 3.89. The number of hydrogen-bond donors (Lipinski definition) is 2. The number of rotatable bonds is 5. The van der Waals surface area contributed by atoms with E-state index in [0.29, 0.717) is 24.2 Å². The maximum atomic E-state index is 6.65. The second-order valence-corrected chi connectivity index (χ2v) is 10.5. The molecule has 2 aliphatic heterocycles. The number of anilines is 3. The molecule has 1 fully saturated rings. The van der Waals surface area contributed by atoms with Gasteiger partial charge in [0.05, 0.1) is 0 Å². The summed E-state index contributed by atoms with van der Waals surface area (Å²) in [5.74, 6) is 1.39. The fourth-order valence-corrected chi connectivity index (χ4v) is 5.36. The first kappa shape index (κ1) is 22.4. The standard InChI is InChI=1S/C24H25ClIN6O/c1-15-20(11-16-5-3-4-6-19(16)28-15)29-23-13-21(17-14-27-22(26-2)12-18(17)25)30-24(31-23)32-7-9-33-10-8-32/h3-6,11-15,28H,7-10H2,1-2H3,(H,29,30,31)/q-1. The molecule has 0 spiro atoms. The van der Waals surface area contributed by atoms with Crippen LogP contribution in [0.25, 0.3) is 17.3 Å². The molecule has 1 atom stereocenters. The number of benzene rings is 1. The number of pyridine rings is 1. The first-order valence-corrected chi connectivity index (χ1v) is 14.4. The van der Waals surface area contributed by atoms with Crippen molar-refractivity contribution in [2.75, 3.05) is 46.8 Å². The molecule has 0 aliphatic carbocycles. The molecule has 0 radical (unpaired) electrons. The quantitative estimate of drug-likeness (QED) is 0.269. The van der Waals surface area contributed by atoms with Crippen molar-refractivity contribution in [3.63, 3.8) is 0 Å². The fraction of sp³-hybridized carbons (Fsp3) is 0.292. The topological polar surface area (TPSA) is 75.2 Å². The van der Waals surface area contributed by atoms with E-state index >= 15 is 0 Å². The summed E-state index contributed by atoms with van der Waals surface area (Å²) in [4.78, 5) is 18.6. The molecule has 33 heavy (non-hydrogen) atoms. The Kier molecular flexibility index (Phi) is 6.66. The number of fused-ring (bicyclic) bond motifs is 1. The van der Waals surface area contributed by atoms with E-state index in [1.54, 1.807) is 0 Å². The monoisotopic (exact) mass is 575 g/mol. The molecule has 0 saturated carbocycles. The van der Waals surface area contributed by atoms with Crippen LogP contribution in [-0.4, -0.2) is 52.2 Å². The number of aromatic nitrogens is 3. The molecule has 0 bridgehead atoms. The van der Waals surface area contributed by atoms with Crippen LogP contribution >= 0.6 is 11.6 Å². The molecular formula is C24H25ClIN6O-. The molecule has 1 saturated heterocycles. The Morgan fingerprint density at radius 1 is 1.18 bits per heavy atom. The van der Waals surface area contributed by atoms with Crippen LogP contribution in [0.15, 0.2) is 48.3 Å².